The molecule has 0 aromatic heterocycles. The summed E-state index contributed by atoms with van der Waals surface area (Å²) in [5.74, 6) is 0.683. The Morgan fingerprint density at radius 3 is 1.74 bits per heavy atom. The van der Waals surface area contributed by atoms with E-state index < -0.39 is 0 Å². The average molecular weight is 433 g/mol. The number of carbonyl (C=O) groups excluding carboxylic acids is 1. The highest BCUT2D eigenvalue weighted by molar-refractivity contribution is 5.91. The summed E-state index contributed by atoms with van der Waals surface area (Å²) >= 11 is 0. The first-order chi connectivity index (χ1) is 15.2. The van der Waals surface area contributed by atoms with Crippen molar-refractivity contribution in [1.82, 2.24) is 5.32 Å². The largest absolute Gasteiger partial charge is 0.495 e. The molecule has 2 N–H and O–H groups in total. The molecular formula is C27H48N2O2. The third-order valence-electron chi connectivity index (χ3n) is 5.92. The minimum Gasteiger partial charge on any atom is -0.495 e. The van der Waals surface area contributed by atoms with Gasteiger partial charge in [-0.3, -0.25) is 0 Å². The Morgan fingerprint density at radius 1 is 0.774 bits per heavy atom. The standard InChI is InChI=1S/C27H48N2O2/c1-4-5-6-7-8-9-10-11-12-13-14-15-16-17-18-19-22-28-27(30)29-25-23-24(2)20-21-26(25)31-3/h20-21,23H,4-19,22H2,1-3H3,(H2,28,29,30). The number of methoxy groups -OCH3 is 1. The number of unbranched alkanes of at least 4 members (excludes halogenated alkanes) is 15. The van der Waals surface area contributed by atoms with Crippen LogP contribution in [0.1, 0.15) is 115 Å². The molecule has 1 rings (SSSR count). The van der Waals surface area contributed by atoms with Crippen molar-refractivity contribution in [1.29, 1.82) is 0 Å². The van der Waals surface area contributed by atoms with Crippen molar-refractivity contribution in [2.75, 3.05) is 19.0 Å². The molecule has 0 bridgehead atoms. The Kier molecular flexibility index (Phi) is 16.8. The third kappa shape index (κ3) is 14.8. The molecule has 0 heterocycles. The van der Waals surface area contributed by atoms with Crippen LogP contribution in [-0.2, 0) is 0 Å². The first-order valence-electron chi connectivity index (χ1n) is 12.9. The van der Waals surface area contributed by atoms with Gasteiger partial charge in [0.05, 0.1) is 12.8 Å². The molecule has 31 heavy (non-hydrogen) atoms. The Morgan fingerprint density at radius 2 is 1.26 bits per heavy atom. The van der Waals surface area contributed by atoms with Crippen molar-refractivity contribution in [3.63, 3.8) is 0 Å². The molecule has 0 radical (unpaired) electrons. The molecule has 0 saturated carbocycles. The molecule has 0 unspecified atom stereocenters. The van der Waals surface area contributed by atoms with Crippen LogP contribution in [0.5, 0.6) is 5.75 Å². The molecule has 4 heteroatoms. The number of anilines is 1. The molecule has 0 aliphatic rings. The number of carbonyl (C=O) groups is 1. The van der Waals surface area contributed by atoms with Crippen molar-refractivity contribution in [3.05, 3.63) is 23.8 Å². The fraction of sp³-hybridized carbons (Fsp3) is 0.741. The van der Waals surface area contributed by atoms with E-state index in [1.807, 2.05) is 25.1 Å². The molecule has 1 aromatic carbocycles. The second kappa shape index (κ2) is 19.0. The van der Waals surface area contributed by atoms with Gasteiger partial charge in [-0.1, -0.05) is 109 Å². The first kappa shape index (κ1) is 27.3. The lowest BCUT2D eigenvalue weighted by Crippen LogP contribution is -2.29. The summed E-state index contributed by atoms with van der Waals surface area (Å²) in [7, 11) is 1.62. The average Bonchev–Trinajstić information content (AvgIpc) is 2.76. The monoisotopic (exact) mass is 432 g/mol. The zero-order valence-electron chi connectivity index (χ0n) is 20.6. The minimum absolute atomic E-state index is 0.162. The van der Waals surface area contributed by atoms with Gasteiger partial charge in [0.1, 0.15) is 5.75 Å². The number of amides is 2. The van der Waals surface area contributed by atoms with E-state index in [1.165, 1.54) is 96.3 Å². The summed E-state index contributed by atoms with van der Waals surface area (Å²) in [6.07, 6.45) is 21.8. The maximum Gasteiger partial charge on any atom is 0.319 e. The van der Waals surface area contributed by atoms with E-state index in [1.54, 1.807) is 7.11 Å². The van der Waals surface area contributed by atoms with Crippen LogP contribution in [-0.4, -0.2) is 19.7 Å². The van der Waals surface area contributed by atoms with Gasteiger partial charge in [0.15, 0.2) is 0 Å². The van der Waals surface area contributed by atoms with E-state index in [0.717, 1.165) is 18.5 Å². The molecule has 0 spiro atoms. The Labute approximate surface area is 191 Å². The predicted octanol–water partition coefficient (Wildman–Crippen LogP) is 8.39. The van der Waals surface area contributed by atoms with E-state index in [0.29, 0.717) is 11.4 Å². The van der Waals surface area contributed by atoms with Gasteiger partial charge in [-0.05, 0) is 31.0 Å². The van der Waals surface area contributed by atoms with Gasteiger partial charge < -0.3 is 15.4 Å². The number of hydrogen-bond donors (Lipinski definition) is 2. The molecule has 4 nitrogen and oxygen atoms in total. The van der Waals surface area contributed by atoms with Crippen molar-refractivity contribution in [3.8, 4) is 5.75 Å². The molecular weight excluding hydrogens is 384 g/mol. The van der Waals surface area contributed by atoms with Crippen LogP contribution in [0.3, 0.4) is 0 Å². The number of rotatable bonds is 19. The molecule has 0 aliphatic heterocycles. The number of nitrogens with one attached hydrogen (secondary N) is 2. The lowest BCUT2D eigenvalue weighted by molar-refractivity contribution is 0.251. The fourth-order valence-electron chi connectivity index (χ4n) is 3.96. The third-order valence-corrected chi connectivity index (χ3v) is 5.92. The fourth-order valence-corrected chi connectivity index (χ4v) is 3.96. The zero-order chi connectivity index (χ0) is 22.6. The summed E-state index contributed by atoms with van der Waals surface area (Å²) in [4.78, 5) is 12.1. The van der Waals surface area contributed by atoms with E-state index in [-0.39, 0.29) is 6.03 Å². The molecule has 0 fully saturated rings. The van der Waals surface area contributed by atoms with Crippen LogP contribution in [0.15, 0.2) is 18.2 Å². The molecule has 0 aliphatic carbocycles. The van der Waals surface area contributed by atoms with Crippen molar-refractivity contribution in [2.24, 2.45) is 0 Å². The molecule has 0 atom stereocenters. The Balaban J connectivity index is 1.87. The van der Waals surface area contributed by atoms with Crippen LogP contribution in [0.25, 0.3) is 0 Å². The number of aryl methyl sites for hydroxylation is 1. The maximum absolute atomic E-state index is 12.1. The normalized spacial score (nSPS) is 10.8. The van der Waals surface area contributed by atoms with E-state index in [4.69, 9.17) is 4.74 Å². The number of ether oxygens (including phenoxy) is 1. The van der Waals surface area contributed by atoms with Crippen molar-refractivity contribution < 1.29 is 9.53 Å². The van der Waals surface area contributed by atoms with Crippen molar-refractivity contribution in [2.45, 2.75) is 117 Å². The highest BCUT2D eigenvalue weighted by Gasteiger charge is 2.07. The summed E-state index contributed by atoms with van der Waals surface area (Å²) in [6, 6.07) is 5.61. The lowest BCUT2D eigenvalue weighted by atomic mass is 10.0. The highest BCUT2D eigenvalue weighted by atomic mass is 16.5. The Bertz CT molecular complexity index is 574. The second-order valence-corrected chi connectivity index (χ2v) is 8.89. The molecule has 1 aromatic rings. The van der Waals surface area contributed by atoms with Crippen LogP contribution >= 0.6 is 0 Å². The second-order valence-electron chi connectivity index (χ2n) is 8.89. The SMILES string of the molecule is CCCCCCCCCCCCCCCCCCNC(=O)Nc1cc(C)ccc1OC. The van der Waals surface area contributed by atoms with Gasteiger partial charge in [0, 0.05) is 6.54 Å². The molecule has 178 valence electrons. The van der Waals surface area contributed by atoms with Gasteiger partial charge >= 0.3 is 6.03 Å². The summed E-state index contributed by atoms with van der Waals surface area (Å²) in [6.45, 7) is 5.00. The smallest absolute Gasteiger partial charge is 0.319 e. The van der Waals surface area contributed by atoms with E-state index >= 15 is 0 Å². The number of hydrogen-bond acceptors (Lipinski definition) is 2. The van der Waals surface area contributed by atoms with Crippen LogP contribution in [0, 0.1) is 6.92 Å². The van der Waals surface area contributed by atoms with Crippen LogP contribution < -0.4 is 15.4 Å². The molecule has 0 saturated heterocycles. The Hall–Kier alpha value is -1.71. The maximum atomic E-state index is 12.1. The van der Waals surface area contributed by atoms with E-state index in [2.05, 4.69) is 17.6 Å². The lowest BCUT2D eigenvalue weighted by Gasteiger charge is -2.12. The first-order valence-corrected chi connectivity index (χ1v) is 12.9. The predicted molar refractivity (Wildman–Crippen MR) is 134 cm³/mol. The summed E-state index contributed by atoms with van der Waals surface area (Å²) in [5.41, 5.74) is 1.81. The summed E-state index contributed by atoms with van der Waals surface area (Å²) < 4.78 is 5.30. The van der Waals surface area contributed by atoms with Crippen molar-refractivity contribution >= 4 is 11.7 Å². The van der Waals surface area contributed by atoms with Gasteiger partial charge in [-0.2, -0.15) is 0 Å². The van der Waals surface area contributed by atoms with Gasteiger partial charge in [0.2, 0.25) is 0 Å². The topological polar surface area (TPSA) is 50.4 Å². The number of benzene rings is 1. The molecule has 2 amide bonds. The van der Waals surface area contributed by atoms with E-state index in [9.17, 15) is 4.79 Å². The van der Waals surface area contributed by atoms with Gasteiger partial charge in [-0.15, -0.1) is 0 Å². The van der Waals surface area contributed by atoms with Crippen LogP contribution in [0.4, 0.5) is 10.5 Å². The quantitative estimate of drug-likeness (QED) is 0.216. The zero-order valence-corrected chi connectivity index (χ0v) is 20.6. The highest BCUT2D eigenvalue weighted by Crippen LogP contribution is 2.25. The van der Waals surface area contributed by atoms with Gasteiger partial charge in [-0.25, -0.2) is 4.79 Å². The number of urea groups is 1. The van der Waals surface area contributed by atoms with Crippen LogP contribution in [0.2, 0.25) is 0 Å². The summed E-state index contributed by atoms with van der Waals surface area (Å²) in [5, 5.41) is 5.83. The van der Waals surface area contributed by atoms with Gasteiger partial charge in [0.25, 0.3) is 0 Å². The minimum atomic E-state index is -0.162.